The molecule has 0 aromatic rings. The molecule has 4 atom stereocenters. The summed E-state index contributed by atoms with van der Waals surface area (Å²) < 4.78 is 5.76. The maximum Gasteiger partial charge on any atom is 0.0576 e. The van der Waals surface area contributed by atoms with Crippen molar-refractivity contribution >= 4 is 0 Å². The zero-order valence-electron chi connectivity index (χ0n) is 12.2. The monoisotopic (exact) mass is 253 g/mol. The van der Waals surface area contributed by atoms with E-state index in [0.29, 0.717) is 6.10 Å². The smallest absolute Gasteiger partial charge is 0.0576 e. The molecule has 0 bridgehead atoms. The van der Waals surface area contributed by atoms with Crippen molar-refractivity contribution in [2.24, 2.45) is 29.4 Å². The van der Waals surface area contributed by atoms with Gasteiger partial charge in [0.05, 0.1) is 6.10 Å². The summed E-state index contributed by atoms with van der Waals surface area (Å²) in [6.45, 7) is 6.64. The first-order valence-electron chi connectivity index (χ1n) is 8.02. The third-order valence-electron chi connectivity index (χ3n) is 5.31. The molecule has 18 heavy (non-hydrogen) atoms. The molecule has 0 spiro atoms. The van der Waals surface area contributed by atoms with Crippen LogP contribution in [0, 0.1) is 23.7 Å². The van der Waals surface area contributed by atoms with Crippen LogP contribution in [0.2, 0.25) is 0 Å². The Morgan fingerprint density at radius 3 is 2.56 bits per heavy atom. The third kappa shape index (κ3) is 3.71. The van der Waals surface area contributed by atoms with Crippen LogP contribution in [0.25, 0.3) is 0 Å². The first-order valence-corrected chi connectivity index (χ1v) is 8.02. The van der Waals surface area contributed by atoms with E-state index in [1.165, 1.54) is 44.9 Å². The fraction of sp³-hybridized carbons (Fsp3) is 1.00. The third-order valence-corrected chi connectivity index (χ3v) is 5.31. The molecule has 2 nitrogen and oxygen atoms in total. The van der Waals surface area contributed by atoms with E-state index in [0.717, 1.165) is 36.8 Å². The van der Waals surface area contributed by atoms with Crippen LogP contribution in [0.5, 0.6) is 0 Å². The van der Waals surface area contributed by atoms with Gasteiger partial charge in [-0.25, -0.2) is 0 Å². The molecule has 1 aliphatic carbocycles. The molecule has 2 N–H and O–H groups in total. The topological polar surface area (TPSA) is 35.2 Å². The molecule has 1 aliphatic heterocycles. The minimum absolute atomic E-state index is 0.558. The molecule has 1 saturated heterocycles. The Hall–Kier alpha value is -0.0800. The standard InChI is InChI=1S/C16H31NO/c1-12(2)13-5-6-15(11-17)14(10-13)7-8-16-4-3-9-18-16/h12-16H,3-11,17H2,1-2H3. The van der Waals surface area contributed by atoms with E-state index in [1.54, 1.807) is 0 Å². The van der Waals surface area contributed by atoms with Gasteiger partial charge in [0, 0.05) is 6.61 Å². The first kappa shape index (κ1) is 14.3. The highest BCUT2D eigenvalue weighted by Gasteiger charge is 2.31. The van der Waals surface area contributed by atoms with Crippen LogP contribution in [0.1, 0.15) is 58.8 Å². The van der Waals surface area contributed by atoms with E-state index in [2.05, 4.69) is 13.8 Å². The molecule has 0 radical (unpaired) electrons. The largest absolute Gasteiger partial charge is 0.378 e. The number of nitrogens with two attached hydrogens (primary N) is 1. The Bertz CT molecular complexity index is 235. The molecule has 2 fully saturated rings. The first-order chi connectivity index (χ1) is 8.70. The average Bonchev–Trinajstić information content (AvgIpc) is 2.89. The molecule has 2 rings (SSSR count). The number of hydrogen-bond acceptors (Lipinski definition) is 2. The molecule has 2 heteroatoms. The summed E-state index contributed by atoms with van der Waals surface area (Å²) in [6.07, 6.45) is 9.89. The maximum absolute atomic E-state index is 5.97. The highest BCUT2D eigenvalue weighted by Crippen LogP contribution is 2.39. The van der Waals surface area contributed by atoms with Gasteiger partial charge in [0.2, 0.25) is 0 Å². The van der Waals surface area contributed by atoms with Crippen molar-refractivity contribution in [2.45, 2.75) is 64.9 Å². The second kappa shape index (κ2) is 6.91. The van der Waals surface area contributed by atoms with Gasteiger partial charge < -0.3 is 10.5 Å². The van der Waals surface area contributed by atoms with Gasteiger partial charge >= 0.3 is 0 Å². The Morgan fingerprint density at radius 1 is 1.11 bits per heavy atom. The van der Waals surface area contributed by atoms with Crippen LogP contribution >= 0.6 is 0 Å². The molecule has 0 aromatic carbocycles. The van der Waals surface area contributed by atoms with E-state index in [-0.39, 0.29) is 0 Å². The van der Waals surface area contributed by atoms with Gasteiger partial charge in [0.1, 0.15) is 0 Å². The van der Waals surface area contributed by atoms with Gasteiger partial charge in [0.25, 0.3) is 0 Å². The zero-order valence-corrected chi connectivity index (χ0v) is 12.2. The molecule has 4 unspecified atom stereocenters. The van der Waals surface area contributed by atoms with Crippen LogP contribution in [0.3, 0.4) is 0 Å². The minimum atomic E-state index is 0.558. The number of ether oxygens (including phenoxy) is 1. The Morgan fingerprint density at radius 2 is 1.94 bits per heavy atom. The van der Waals surface area contributed by atoms with Crippen molar-refractivity contribution in [3.63, 3.8) is 0 Å². The van der Waals surface area contributed by atoms with Gasteiger partial charge in [-0.3, -0.25) is 0 Å². The molecule has 2 aliphatic rings. The highest BCUT2D eigenvalue weighted by atomic mass is 16.5. The van der Waals surface area contributed by atoms with E-state index in [1.807, 2.05) is 0 Å². The molecule has 0 amide bonds. The SMILES string of the molecule is CC(C)C1CCC(CN)C(CCC2CCCO2)C1. The lowest BCUT2D eigenvalue weighted by Crippen LogP contribution is -2.32. The Balaban J connectivity index is 1.81. The molecule has 106 valence electrons. The van der Waals surface area contributed by atoms with Crippen molar-refractivity contribution in [2.75, 3.05) is 13.2 Å². The van der Waals surface area contributed by atoms with Crippen molar-refractivity contribution in [1.82, 2.24) is 0 Å². The number of hydrogen-bond donors (Lipinski definition) is 1. The van der Waals surface area contributed by atoms with E-state index >= 15 is 0 Å². The predicted molar refractivity (Wildman–Crippen MR) is 76.4 cm³/mol. The van der Waals surface area contributed by atoms with Crippen molar-refractivity contribution in [3.05, 3.63) is 0 Å². The van der Waals surface area contributed by atoms with Gasteiger partial charge in [0.15, 0.2) is 0 Å². The fourth-order valence-corrected chi connectivity index (χ4v) is 3.90. The lowest BCUT2D eigenvalue weighted by atomic mass is 9.69. The Kier molecular flexibility index (Phi) is 5.50. The van der Waals surface area contributed by atoms with Gasteiger partial charge in [-0.2, -0.15) is 0 Å². The second-order valence-electron chi connectivity index (χ2n) is 6.79. The zero-order chi connectivity index (χ0) is 13.0. The van der Waals surface area contributed by atoms with Crippen LogP contribution in [0.15, 0.2) is 0 Å². The molecule has 0 aromatic heterocycles. The van der Waals surface area contributed by atoms with E-state index in [4.69, 9.17) is 10.5 Å². The quantitative estimate of drug-likeness (QED) is 0.812. The fourth-order valence-electron chi connectivity index (χ4n) is 3.90. The lowest BCUT2D eigenvalue weighted by molar-refractivity contribution is 0.0810. The van der Waals surface area contributed by atoms with Crippen LogP contribution in [-0.2, 0) is 4.74 Å². The van der Waals surface area contributed by atoms with E-state index in [9.17, 15) is 0 Å². The molecular formula is C16H31NO. The summed E-state index contributed by atoms with van der Waals surface area (Å²) in [6, 6.07) is 0. The predicted octanol–water partition coefficient (Wildman–Crippen LogP) is 3.59. The summed E-state index contributed by atoms with van der Waals surface area (Å²) in [5.74, 6) is 3.41. The second-order valence-corrected chi connectivity index (χ2v) is 6.79. The summed E-state index contributed by atoms with van der Waals surface area (Å²) in [4.78, 5) is 0. The van der Waals surface area contributed by atoms with Gasteiger partial charge in [-0.15, -0.1) is 0 Å². The summed E-state index contributed by atoms with van der Waals surface area (Å²) in [5, 5.41) is 0. The molecular weight excluding hydrogens is 222 g/mol. The van der Waals surface area contributed by atoms with Gasteiger partial charge in [-0.05, 0) is 75.2 Å². The summed E-state index contributed by atoms with van der Waals surface area (Å²) in [7, 11) is 0. The van der Waals surface area contributed by atoms with Crippen LogP contribution < -0.4 is 5.73 Å². The normalized spacial score (nSPS) is 37.3. The van der Waals surface area contributed by atoms with Crippen LogP contribution in [-0.4, -0.2) is 19.3 Å². The van der Waals surface area contributed by atoms with E-state index < -0.39 is 0 Å². The lowest BCUT2D eigenvalue weighted by Gasteiger charge is -2.38. The molecule has 1 heterocycles. The average molecular weight is 253 g/mol. The summed E-state index contributed by atoms with van der Waals surface area (Å²) in [5.41, 5.74) is 5.97. The maximum atomic E-state index is 5.97. The van der Waals surface area contributed by atoms with Gasteiger partial charge in [-0.1, -0.05) is 13.8 Å². The minimum Gasteiger partial charge on any atom is -0.378 e. The van der Waals surface area contributed by atoms with Crippen molar-refractivity contribution in [1.29, 1.82) is 0 Å². The number of rotatable bonds is 5. The Labute approximate surface area is 113 Å². The highest BCUT2D eigenvalue weighted by molar-refractivity contribution is 4.83. The van der Waals surface area contributed by atoms with Crippen LogP contribution in [0.4, 0.5) is 0 Å². The van der Waals surface area contributed by atoms with Crippen molar-refractivity contribution < 1.29 is 4.74 Å². The van der Waals surface area contributed by atoms with Crippen molar-refractivity contribution in [3.8, 4) is 0 Å². The molecule has 1 saturated carbocycles. The summed E-state index contributed by atoms with van der Waals surface area (Å²) >= 11 is 0.